The monoisotopic (exact) mass is 478 g/mol. The molecule has 3 aromatic rings. The van der Waals surface area contributed by atoms with Crippen LogP contribution >= 0.6 is 34.4 Å². The van der Waals surface area contributed by atoms with E-state index in [1.807, 2.05) is 0 Å². The highest BCUT2D eigenvalue weighted by molar-refractivity contribution is 8.01. The van der Waals surface area contributed by atoms with Gasteiger partial charge in [-0.3, -0.25) is 4.79 Å². The Bertz CT molecular complexity index is 1120. The maximum absolute atomic E-state index is 13.7. The molecule has 0 atom stereocenters. The molecule has 1 aliphatic rings. The molecule has 1 amide bonds. The number of aryl methyl sites for hydroxylation is 1. The second-order valence-corrected chi connectivity index (χ2v) is 9.90. The van der Waals surface area contributed by atoms with E-state index < -0.39 is 5.97 Å². The van der Waals surface area contributed by atoms with Crippen LogP contribution < -0.4 is 10.6 Å². The number of halogens is 1. The molecule has 0 saturated carbocycles. The zero-order valence-corrected chi connectivity index (χ0v) is 19.0. The van der Waals surface area contributed by atoms with Gasteiger partial charge in [0, 0.05) is 4.88 Å². The van der Waals surface area contributed by atoms with E-state index in [9.17, 15) is 14.0 Å². The molecule has 4 rings (SSSR count). The third-order valence-corrected chi connectivity index (χ3v) is 7.68. The summed E-state index contributed by atoms with van der Waals surface area (Å²) in [5.74, 6) is -0.905. The second-order valence-electron chi connectivity index (χ2n) is 6.60. The van der Waals surface area contributed by atoms with Crippen LogP contribution in [-0.4, -0.2) is 34.4 Å². The molecule has 0 aliphatic heterocycles. The first kappa shape index (κ1) is 21.7. The summed E-state index contributed by atoms with van der Waals surface area (Å²) in [5.41, 5.74) is 1.80. The van der Waals surface area contributed by atoms with Crippen molar-refractivity contribution in [2.75, 3.05) is 23.0 Å². The van der Waals surface area contributed by atoms with E-state index in [0.717, 1.165) is 29.7 Å². The number of thioether (sulfide) groups is 1. The number of esters is 1. The summed E-state index contributed by atoms with van der Waals surface area (Å²) in [6.45, 7) is 2.05. The van der Waals surface area contributed by atoms with Gasteiger partial charge in [0.05, 0.1) is 23.6 Å². The van der Waals surface area contributed by atoms with Crippen LogP contribution in [0.4, 0.5) is 20.2 Å². The molecule has 0 bridgehead atoms. The Balaban J connectivity index is 1.37. The van der Waals surface area contributed by atoms with E-state index in [2.05, 4.69) is 20.8 Å². The number of amides is 1. The number of nitrogens with one attached hydrogen (secondary N) is 2. The van der Waals surface area contributed by atoms with Crippen molar-refractivity contribution in [2.24, 2.45) is 0 Å². The van der Waals surface area contributed by atoms with Gasteiger partial charge in [0.2, 0.25) is 11.0 Å². The molecule has 2 aromatic heterocycles. The largest absolute Gasteiger partial charge is 0.462 e. The maximum atomic E-state index is 13.7. The summed E-state index contributed by atoms with van der Waals surface area (Å²) < 4.78 is 19.5. The molecule has 0 saturated heterocycles. The van der Waals surface area contributed by atoms with Gasteiger partial charge >= 0.3 is 5.97 Å². The second kappa shape index (κ2) is 9.75. The van der Waals surface area contributed by atoms with E-state index in [-0.39, 0.29) is 24.1 Å². The molecule has 162 valence electrons. The fraction of sp³-hybridized carbons (Fsp3) is 0.300. The van der Waals surface area contributed by atoms with Crippen molar-refractivity contribution in [2.45, 2.75) is 30.5 Å². The summed E-state index contributed by atoms with van der Waals surface area (Å²) in [7, 11) is 0. The SMILES string of the molecule is CCOC(=O)c1c(NC(=O)CSc2nnc(Nc3ccccc3F)s2)sc2c1CCC2. The number of hydrogen-bond donors (Lipinski definition) is 2. The molecule has 1 aliphatic carbocycles. The van der Waals surface area contributed by atoms with Crippen LogP contribution in [0.25, 0.3) is 0 Å². The van der Waals surface area contributed by atoms with Crippen molar-refractivity contribution in [1.82, 2.24) is 10.2 Å². The molecular weight excluding hydrogens is 459 g/mol. The van der Waals surface area contributed by atoms with Gasteiger partial charge in [-0.15, -0.1) is 21.5 Å². The minimum absolute atomic E-state index is 0.110. The minimum Gasteiger partial charge on any atom is -0.462 e. The van der Waals surface area contributed by atoms with Gasteiger partial charge in [-0.05, 0) is 43.9 Å². The topological polar surface area (TPSA) is 93.2 Å². The summed E-state index contributed by atoms with van der Waals surface area (Å²) in [4.78, 5) is 26.0. The molecule has 0 radical (unpaired) electrons. The molecule has 2 heterocycles. The summed E-state index contributed by atoms with van der Waals surface area (Å²) >= 11 is 3.90. The molecule has 0 spiro atoms. The number of nitrogens with zero attached hydrogens (tertiary/aromatic N) is 2. The van der Waals surface area contributed by atoms with Crippen molar-refractivity contribution >= 4 is 62.1 Å². The number of aromatic nitrogens is 2. The standard InChI is InChI=1S/C20H19FN4O3S3/c1-2-28-18(27)16-11-6-5-9-14(11)30-17(16)23-15(26)10-29-20-25-24-19(31-20)22-13-8-4-3-7-12(13)21/h3-4,7-8H,2,5-6,9-10H2,1H3,(H,22,24)(H,23,26). The molecule has 11 heteroatoms. The van der Waals surface area contributed by atoms with Crippen LogP contribution in [0.1, 0.15) is 34.1 Å². The number of ether oxygens (including phenoxy) is 1. The smallest absolute Gasteiger partial charge is 0.341 e. The van der Waals surface area contributed by atoms with Gasteiger partial charge in [0.1, 0.15) is 10.8 Å². The van der Waals surface area contributed by atoms with E-state index >= 15 is 0 Å². The molecular formula is C20H19FN4O3S3. The molecule has 31 heavy (non-hydrogen) atoms. The van der Waals surface area contributed by atoms with Crippen LogP contribution in [0.3, 0.4) is 0 Å². The van der Waals surface area contributed by atoms with Crippen molar-refractivity contribution in [3.8, 4) is 0 Å². The van der Waals surface area contributed by atoms with Crippen molar-refractivity contribution < 1.29 is 18.7 Å². The molecule has 0 unspecified atom stereocenters. The lowest BCUT2D eigenvalue weighted by atomic mass is 10.1. The van der Waals surface area contributed by atoms with Gasteiger partial charge in [-0.1, -0.05) is 35.2 Å². The van der Waals surface area contributed by atoms with E-state index in [4.69, 9.17) is 4.74 Å². The summed E-state index contributed by atoms with van der Waals surface area (Å²) in [6, 6.07) is 6.29. The Morgan fingerprint density at radius 2 is 2.06 bits per heavy atom. The Labute approximate surface area is 190 Å². The quantitative estimate of drug-likeness (QED) is 0.352. The third-order valence-electron chi connectivity index (χ3n) is 4.50. The number of benzene rings is 1. The number of carbonyl (C=O) groups is 2. The first-order valence-electron chi connectivity index (χ1n) is 9.64. The number of rotatable bonds is 8. The number of carbonyl (C=O) groups excluding carboxylic acids is 2. The van der Waals surface area contributed by atoms with Gasteiger partial charge in [0.15, 0.2) is 4.34 Å². The highest BCUT2D eigenvalue weighted by Crippen LogP contribution is 2.39. The molecule has 7 nitrogen and oxygen atoms in total. The Morgan fingerprint density at radius 1 is 1.23 bits per heavy atom. The van der Waals surface area contributed by atoms with E-state index in [1.165, 1.54) is 40.5 Å². The van der Waals surface area contributed by atoms with Crippen LogP contribution in [0.2, 0.25) is 0 Å². The predicted molar refractivity (Wildman–Crippen MR) is 121 cm³/mol. The fourth-order valence-corrected chi connectivity index (χ4v) is 6.06. The number of hydrogen-bond acceptors (Lipinski definition) is 9. The highest BCUT2D eigenvalue weighted by Gasteiger charge is 2.28. The van der Waals surface area contributed by atoms with Crippen molar-refractivity contribution in [3.05, 3.63) is 46.1 Å². The maximum Gasteiger partial charge on any atom is 0.341 e. The van der Waals surface area contributed by atoms with Crippen molar-refractivity contribution in [3.63, 3.8) is 0 Å². The average Bonchev–Trinajstić information content (AvgIpc) is 3.44. The lowest BCUT2D eigenvalue weighted by molar-refractivity contribution is -0.113. The number of para-hydroxylation sites is 1. The third kappa shape index (κ3) is 5.05. The normalized spacial score (nSPS) is 12.5. The average molecular weight is 479 g/mol. The minimum atomic E-state index is -0.391. The van der Waals surface area contributed by atoms with Crippen LogP contribution in [-0.2, 0) is 22.4 Å². The van der Waals surface area contributed by atoms with Gasteiger partial charge in [-0.2, -0.15) is 0 Å². The highest BCUT2D eigenvalue weighted by atomic mass is 32.2. The van der Waals surface area contributed by atoms with Crippen molar-refractivity contribution in [1.29, 1.82) is 0 Å². The van der Waals surface area contributed by atoms with Crippen LogP contribution in [0.5, 0.6) is 0 Å². The zero-order valence-electron chi connectivity index (χ0n) is 16.6. The Hall–Kier alpha value is -2.50. The lowest BCUT2D eigenvalue weighted by Crippen LogP contribution is -2.16. The van der Waals surface area contributed by atoms with Gasteiger partial charge in [0.25, 0.3) is 0 Å². The summed E-state index contributed by atoms with van der Waals surface area (Å²) in [5, 5.41) is 14.7. The fourth-order valence-electron chi connectivity index (χ4n) is 3.20. The predicted octanol–water partition coefficient (Wildman–Crippen LogP) is 4.88. The van der Waals surface area contributed by atoms with Gasteiger partial charge < -0.3 is 15.4 Å². The number of anilines is 3. The first-order chi connectivity index (χ1) is 15.0. The van der Waals surface area contributed by atoms with Gasteiger partial charge in [-0.25, -0.2) is 9.18 Å². The Kier molecular flexibility index (Phi) is 6.83. The zero-order chi connectivity index (χ0) is 21.8. The molecule has 0 fully saturated rings. The molecule has 1 aromatic carbocycles. The Morgan fingerprint density at radius 3 is 2.87 bits per heavy atom. The van der Waals surface area contributed by atoms with Crippen LogP contribution in [0, 0.1) is 5.82 Å². The first-order valence-corrected chi connectivity index (χ1v) is 12.3. The number of fused-ring (bicyclic) bond motifs is 1. The van der Waals surface area contributed by atoms with Crippen LogP contribution in [0.15, 0.2) is 28.6 Å². The van der Waals surface area contributed by atoms with E-state index in [1.54, 1.807) is 25.1 Å². The summed E-state index contributed by atoms with van der Waals surface area (Å²) in [6.07, 6.45) is 2.75. The number of thiophene rings is 1. The molecule has 2 N–H and O–H groups in total. The van der Waals surface area contributed by atoms with E-state index in [0.29, 0.717) is 25.7 Å². The lowest BCUT2D eigenvalue weighted by Gasteiger charge is -2.07.